The van der Waals surface area contributed by atoms with E-state index in [4.69, 9.17) is 0 Å². The highest BCUT2D eigenvalue weighted by molar-refractivity contribution is 5.95. The van der Waals surface area contributed by atoms with Crippen molar-refractivity contribution in [1.82, 2.24) is 5.32 Å². The number of carbonyl (C=O) groups is 1. The molecule has 0 atom stereocenters. The summed E-state index contributed by atoms with van der Waals surface area (Å²) in [6.07, 6.45) is 6.22. The van der Waals surface area contributed by atoms with Gasteiger partial charge in [0.2, 0.25) is 0 Å². The van der Waals surface area contributed by atoms with Crippen molar-refractivity contribution in [3.63, 3.8) is 0 Å². The van der Waals surface area contributed by atoms with Gasteiger partial charge in [-0.1, -0.05) is 12.8 Å². The molecule has 1 aromatic rings. The SMILES string of the molecule is O=C(NCC1CCCC1)c1ccc2c(c1)CCN2. The number of rotatable bonds is 3. The molecular weight excluding hydrogens is 224 g/mol. The summed E-state index contributed by atoms with van der Waals surface area (Å²) < 4.78 is 0. The number of fused-ring (bicyclic) bond motifs is 1. The molecule has 0 saturated heterocycles. The molecular formula is C15H20N2O. The summed E-state index contributed by atoms with van der Waals surface area (Å²) in [5.74, 6) is 0.779. The minimum Gasteiger partial charge on any atom is -0.384 e. The Labute approximate surface area is 108 Å². The molecule has 2 aliphatic rings. The molecule has 0 spiro atoms. The fraction of sp³-hybridized carbons (Fsp3) is 0.533. The predicted octanol–water partition coefficient (Wildman–Crippen LogP) is 2.57. The third-order valence-electron chi connectivity index (χ3n) is 4.10. The van der Waals surface area contributed by atoms with E-state index >= 15 is 0 Å². The summed E-state index contributed by atoms with van der Waals surface area (Å²) >= 11 is 0. The van der Waals surface area contributed by atoms with Gasteiger partial charge in [0.15, 0.2) is 0 Å². The van der Waals surface area contributed by atoms with Gasteiger partial charge in [0.1, 0.15) is 0 Å². The fourth-order valence-corrected chi connectivity index (χ4v) is 3.00. The smallest absolute Gasteiger partial charge is 0.251 e. The second-order valence-corrected chi connectivity index (χ2v) is 5.41. The van der Waals surface area contributed by atoms with Gasteiger partial charge in [-0.15, -0.1) is 0 Å². The summed E-state index contributed by atoms with van der Waals surface area (Å²) in [7, 11) is 0. The van der Waals surface area contributed by atoms with Crippen LogP contribution in [0.2, 0.25) is 0 Å². The van der Waals surface area contributed by atoms with Crippen molar-refractivity contribution in [2.75, 3.05) is 18.4 Å². The fourth-order valence-electron chi connectivity index (χ4n) is 3.00. The lowest BCUT2D eigenvalue weighted by atomic mass is 10.1. The van der Waals surface area contributed by atoms with Gasteiger partial charge >= 0.3 is 0 Å². The van der Waals surface area contributed by atoms with E-state index in [0.29, 0.717) is 5.92 Å². The minimum absolute atomic E-state index is 0.0802. The molecule has 1 heterocycles. The monoisotopic (exact) mass is 244 g/mol. The molecule has 0 aromatic heterocycles. The molecule has 18 heavy (non-hydrogen) atoms. The van der Waals surface area contributed by atoms with E-state index < -0.39 is 0 Å². The molecule has 0 bridgehead atoms. The lowest BCUT2D eigenvalue weighted by Crippen LogP contribution is -2.28. The van der Waals surface area contributed by atoms with Crippen molar-refractivity contribution >= 4 is 11.6 Å². The van der Waals surface area contributed by atoms with Crippen LogP contribution in [0.4, 0.5) is 5.69 Å². The number of hydrogen-bond donors (Lipinski definition) is 2. The van der Waals surface area contributed by atoms with Crippen molar-refractivity contribution in [2.24, 2.45) is 5.92 Å². The molecule has 1 aliphatic heterocycles. The van der Waals surface area contributed by atoms with Gasteiger partial charge in [-0.25, -0.2) is 0 Å². The summed E-state index contributed by atoms with van der Waals surface area (Å²) in [6.45, 7) is 1.83. The normalized spacial score (nSPS) is 18.4. The van der Waals surface area contributed by atoms with E-state index in [0.717, 1.165) is 25.1 Å². The second-order valence-electron chi connectivity index (χ2n) is 5.41. The highest BCUT2D eigenvalue weighted by atomic mass is 16.1. The maximum atomic E-state index is 12.1. The van der Waals surface area contributed by atoms with E-state index in [9.17, 15) is 4.79 Å². The molecule has 1 aromatic carbocycles. The Morgan fingerprint density at radius 2 is 2.17 bits per heavy atom. The van der Waals surface area contributed by atoms with Gasteiger partial charge in [-0.3, -0.25) is 4.79 Å². The Bertz CT molecular complexity index is 450. The van der Waals surface area contributed by atoms with Crippen molar-refractivity contribution < 1.29 is 4.79 Å². The summed E-state index contributed by atoms with van der Waals surface area (Å²) in [6, 6.07) is 5.97. The Morgan fingerprint density at radius 1 is 1.33 bits per heavy atom. The van der Waals surface area contributed by atoms with E-state index in [1.807, 2.05) is 18.2 Å². The molecule has 0 radical (unpaired) electrons. The Hall–Kier alpha value is -1.51. The molecule has 1 fully saturated rings. The van der Waals surface area contributed by atoms with E-state index in [2.05, 4.69) is 10.6 Å². The van der Waals surface area contributed by atoms with E-state index in [1.54, 1.807) is 0 Å². The Balaban J connectivity index is 1.61. The molecule has 3 heteroatoms. The average molecular weight is 244 g/mol. The van der Waals surface area contributed by atoms with Crippen LogP contribution in [0, 0.1) is 5.92 Å². The second kappa shape index (κ2) is 5.01. The maximum absolute atomic E-state index is 12.1. The predicted molar refractivity (Wildman–Crippen MR) is 72.9 cm³/mol. The maximum Gasteiger partial charge on any atom is 0.251 e. The van der Waals surface area contributed by atoms with Crippen LogP contribution in [-0.4, -0.2) is 19.0 Å². The first-order chi connectivity index (χ1) is 8.83. The van der Waals surface area contributed by atoms with Crippen molar-refractivity contribution in [3.05, 3.63) is 29.3 Å². The molecule has 1 amide bonds. The van der Waals surface area contributed by atoms with Crippen molar-refractivity contribution in [2.45, 2.75) is 32.1 Å². The Morgan fingerprint density at radius 3 is 3.00 bits per heavy atom. The number of anilines is 1. The van der Waals surface area contributed by atoms with Crippen LogP contribution in [0.15, 0.2) is 18.2 Å². The van der Waals surface area contributed by atoms with Crippen LogP contribution in [-0.2, 0) is 6.42 Å². The number of carbonyl (C=O) groups excluding carboxylic acids is 1. The van der Waals surface area contributed by atoms with Crippen molar-refractivity contribution in [1.29, 1.82) is 0 Å². The number of nitrogens with one attached hydrogen (secondary N) is 2. The molecule has 2 N–H and O–H groups in total. The van der Waals surface area contributed by atoms with Crippen LogP contribution in [0.1, 0.15) is 41.6 Å². The van der Waals surface area contributed by atoms with Gasteiger partial charge in [-0.05, 0) is 48.9 Å². The van der Waals surface area contributed by atoms with Crippen LogP contribution in [0.25, 0.3) is 0 Å². The zero-order chi connectivity index (χ0) is 12.4. The number of hydrogen-bond acceptors (Lipinski definition) is 2. The summed E-state index contributed by atoms with van der Waals surface area (Å²) in [5, 5.41) is 6.38. The minimum atomic E-state index is 0.0802. The van der Waals surface area contributed by atoms with Crippen LogP contribution in [0.3, 0.4) is 0 Å². The molecule has 1 aliphatic carbocycles. The first-order valence-corrected chi connectivity index (χ1v) is 6.98. The molecule has 96 valence electrons. The van der Waals surface area contributed by atoms with Gasteiger partial charge < -0.3 is 10.6 Å². The lowest BCUT2D eigenvalue weighted by Gasteiger charge is -2.11. The number of benzene rings is 1. The van der Waals surface area contributed by atoms with E-state index in [1.165, 1.54) is 36.9 Å². The zero-order valence-corrected chi connectivity index (χ0v) is 10.7. The summed E-state index contributed by atoms with van der Waals surface area (Å²) in [5.41, 5.74) is 3.25. The van der Waals surface area contributed by atoms with Crippen LogP contribution < -0.4 is 10.6 Å². The van der Waals surface area contributed by atoms with Gasteiger partial charge in [0.05, 0.1) is 0 Å². The Kier molecular flexibility index (Phi) is 3.22. The van der Waals surface area contributed by atoms with Crippen LogP contribution >= 0.6 is 0 Å². The lowest BCUT2D eigenvalue weighted by molar-refractivity contribution is 0.0947. The van der Waals surface area contributed by atoms with Crippen molar-refractivity contribution in [3.8, 4) is 0 Å². The summed E-state index contributed by atoms with van der Waals surface area (Å²) in [4.78, 5) is 12.1. The quantitative estimate of drug-likeness (QED) is 0.858. The first-order valence-electron chi connectivity index (χ1n) is 6.98. The molecule has 0 unspecified atom stereocenters. The van der Waals surface area contributed by atoms with E-state index in [-0.39, 0.29) is 5.91 Å². The molecule has 3 rings (SSSR count). The number of amides is 1. The standard InChI is InChI=1S/C15H20N2O/c18-15(17-10-11-3-1-2-4-11)13-5-6-14-12(9-13)7-8-16-14/h5-6,9,11,16H,1-4,7-8,10H2,(H,17,18). The van der Waals surface area contributed by atoms with Crippen LogP contribution in [0.5, 0.6) is 0 Å². The van der Waals surface area contributed by atoms with Gasteiger partial charge in [0.25, 0.3) is 5.91 Å². The largest absolute Gasteiger partial charge is 0.384 e. The average Bonchev–Trinajstić information content (AvgIpc) is 3.05. The van der Waals surface area contributed by atoms with Gasteiger partial charge in [-0.2, -0.15) is 0 Å². The first kappa shape index (κ1) is 11.6. The highest BCUT2D eigenvalue weighted by Crippen LogP contribution is 2.25. The third-order valence-corrected chi connectivity index (χ3v) is 4.10. The topological polar surface area (TPSA) is 41.1 Å². The zero-order valence-electron chi connectivity index (χ0n) is 10.7. The highest BCUT2D eigenvalue weighted by Gasteiger charge is 2.17. The third kappa shape index (κ3) is 2.35. The molecule has 1 saturated carbocycles. The van der Waals surface area contributed by atoms with Gasteiger partial charge in [0, 0.05) is 24.3 Å². The molecule has 3 nitrogen and oxygen atoms in total.